The lowest BCUT2D eigenvalue weighted by Crippen LogP contribution is -2.28. The van der Waals surface area contributed by atoms with Crippen LogP contribution in [0.5, 0.6) is 11.5 Å². The molecule has 0 saturated carbocycles. The van der Waals surface area contributed by atoms with Crippen LogP contribution in [0.4, 0.5) is 0 Å². The average molecular weight is 260 g/mol. The third-order valence-electron chi connectivity index (χ3n) is 1.98. The van der Waals surface area contributed by atoms with Gasteiger partial charge in [-0.2, -0.15) is 0 Å². The first-order valence-corrected chi connectivity index (χ1v) is 5.01. The Hall–Kier alpha value is -0.740. The predicted molar refractivity (Wildman–Crippen MR) is 59.6 cm³/mol. The highest BCUT2D eigenvalue weighted by molar-refractivity contribution is 9.10. The molecule has 0 aliphatic rings. The molecule has 0 fully saturated rings. The number of halogens is 1. The summed E-state index contributed by atoms with van der Waals surface area (Å²) in [5.41, 5.74) is 6.25. The van der Waals surface area contributed by atoms with Crippen molar-refractivity contribution >= 4 is 15.9 Å². The normalized spacial score (nSPS) is 11.5. The maximum absolute atomic E-state index is 9.59. The van der Waals surface area contributed by atoms with Crippen molar-refractivity contribution in [1.82, 2.24) is 0 Å². The Bertz CT molecular complexity index is 345. The van der Waals surface area contributed by atoms with Crippen LogP contribution in [0.15, 0.2) is 16.6 Å². The number of nitrogens with two attached hydrogens (primary N) is 1. The SMILES string of the molecule is COc1cc(C(C)(C)N)cc(O)c1Br. The van der Waals surface area contributed by atoms with E-state index in [4.69, 9.17) is 10.5 Å². The van der Waals surface area contributed by atoms with Gasteiger partial charge in [-0.3, -0.25) is 0 Å². The summed E-state index contributed by atoms with van der Waals surface area (Å²) in [6.07, 6.45) is 0. The number of benzene rings is 1. The van der Waals surface area contributed by atoms with Crippen LogP contribution in [0.1, 0.15) is 19.4 Å². The summed E-state index contributed by atoms with van der Waals surface area (Å²) in [6.45, 7) is 3.74. The molecule has 4 heteroatoms. The molecule has 0 saturated heterocycles. The summed E-state index contributed by atoms with van der Waals surface area (Å²) in [5, 5.41) is 9.59. The minimum Gasteiger partial charge on any atom is -0.507 e. The molecule has 1 aromatic rings. The van der Waals surface area contributed by atoms with E-state index in [9.17, 15) is 5.11 Å². The second-order valence-corrected chi connectivity index (χ2v) is 4.53. The standard InChI is InChI=1S/C10H14BrNO2/c1-10(2,12)6-4-7(13)9(11)8(5-6)14-3/h4-5,13H,12H2,1-3H3. The summed E-state index contributed by atoms with van der Waals surface area (Å²) in [6, 6.07) is 3.44. The zero-order valence-electron chi connectivity index (χ0n) is 8.47. The molecule has 1 aromatic carbocycles. The number of methoxy groups -OCH3 is 1. The van der Waals surface area contributed by atoms with Crippen LogP contribution in [0.3, 0.4) is 0 Å². The molecule has 0 bridgehead atoms. The zero-order chi connectivity index (χ0) is 10.9. The van der Waals surface area contributed by atoms with Gasteiger partial charge in [0.25, 0.3) is 0 Å². The number of phenolic OH excluding ortho intramolecular Hbond substituents is 1. The van der Waals surface area contributed by atoms with Crippen molar-refractivity contribution < 1.29 is 9.84 Å². The fourth-order valence-electron chi connectivity index (χ4n) is 1.10. The molecule has 0 aliphatic heterocycles. The number of aromatic hydroxyl groups is 1. The predicted octanol–water partition coefficient (Wildman–Crippen LogP) is 2.36. The Morgan fingerprint density at radius 2 is 2.00 bits per heavy atom. The van der Waals surface area contributed by atoms with E-state index in [2.05, 4.69) is 15.9 Å². The fourth-order valence-corrected chi connectivity index (χ4v) is 1.49. The van der Waals surface area contributed by atoms with Gasteiger partial charge in [-0.1, -0.05) is 0 Å². The number of phenols is 1. The Labute approximate surface area is 92.0 Å². The first-order valence-electron chi connectivity index (χ1n) is 4.22. The molecular weight excluding hydrogens is 246 g/mol. The van der Waals surface area contributed by atoms with Gasteiger partial charge in [-0.05, 0) is 47.5 Å². The highest BCUT2D eigenvalue weighted by atomic mass is 79.9. The molecule has 0 spiro atoms. The van der Waals surface area contributed by atoms with Crippen LogP contribution in [0, 0.1) is 0 Å². The van der Waals surface area contributed by atoms with Gasteiger partial charge in [0.05, 0.1) is 7.11 Å². The van der Waals surface area contributed by atoms with E-state index in [0.29, 0.717) is 10.2 Å². The maximum Gasteiger partial charge on any atom is 0.137 e. The van der Waals surface area contributed by atoms with Crippen molar-refractivity contribution in [3.63, 3.8) is 0 Å². The van der Waals surface area contributed by atoms with Crippen molar-refractivity contribution in [2.24, 2.45) is 5.73 Å². The quantitative estimate of drug-likeness (QED) is 0.858. The summed E-state index contributed by atoms with van der Waals surface area (Å²) in [7, 11) is 1.55. The lowest BCUT2D eigenvalue weighted by atomic mass is 9.95. The second kappa shape index (κ2) is 3.79. The van der Waals surface area contributed by atoms with Gasteiger partial charge in [0.1, 0.15) is 16.0 Å². The van der Waals surface area contributed by atoms with E-state index < -0.39 is 5.54 Å². The van der Waals surface area contributed by atoms with Crippen molar-refractivity contribution in [3.05, 3.63) is 22.2 Å². The first-order chi connectivity index (χ1) is 6.36. The summed E-state index contributed by atoms with van der Waals surface area (Å²) in [5.74, 6) is 0.719. The lowest BCUT2D eigenvalue weighted by Gasteiger charge is -2.20. The molecule has 0 radical (unpaired) electrons. The molecule has 0 aromatic heterocycles. The molecule has 3 nitrogen and oxygen atoms in total. The number of rotatable bonds is 2. The fraction of sp³-hybridized carbons (Fsp3) is 0.400. The Morgan fingerprint density at radius 3 is 2.43 bits per heavy atom. The maximum atomic E-state index is 9.59. The van der Waals surface area contributed by atoms with Crippen LogP contribution in [-0.4, -0.2) is 12.2 Å². The van der Waals surface area contributed by atoms with Crippen LogP contribution >= 0.6 is 15.9 Å². The van der Waals surface area contributed by atoms with Gasteiger partial charge in [0.2, 0.25) is 0 Å². The van der Waals surface area contributed by atoms with Gasteiger partial charge in [0.15, 0.2) is 0 Å². The highest BCUT2D eigenvalue weighted by Gasteiger charge is 2.18. The van der Waals surface area contributed by atoms with Crippen molar-refractivity contribution in [2.75, 3.05) is 7.11 Å². The van der Waals surface area contributed by atoms with Gasteiger partial charge in [-0.15, -0.1) is 0 Å². The van der Waals surface area contributed by atoms with Gasteiger partial charge in [-0.25, -0.2) is 0 Å². The summed E-state index contributed by atoms with van der Waals surface area (Å²) < 4.78 is 5.65. The van der Waals surface area contributed by atoms with Crippen LogP contribution < -0.4 is 10.5 Å². The van der Waals surface area contributed by atoms with Gasteiger partial charge >= 0.3 is 0 Å². The largest absolute Gasteiger partial charge is 0.507 e. The Kier molecular flexibility index (Phi) is 3.07. The minimum atomic E-state index is -0.495. The number of hydrogen-bond acceptors (Lipinski definition) is 3. The van der Waals surface area contributed by atoms with Crippen molar-refractivity contribution in [3.8, 4) is 11.5 Å². The van der Waals surface area contributed by atoms with E-state index in [1.165, 1.54) is 0 Å². The smallest absolute Gasteiger partial charge is 0.137 e. The molecule has 0 amide bonds. The highest BCUT2D eigenvalue weighted by Crippen LogP contribution is 2.37. The molecule has 0 unspecified atom stereocenters. The average Bonchev–Trinajstić information content (AvgIpc) is 2.07. The van der Waals surface area contributed by atoms with E-state index in [-0.39, 0.29) is 5.75 Å². The second-order valence-electron chi connectivity index (χ2n) is 3.73. The summed E-state index contributed by atoms with van der Waals surface area (Å²) in [4.78, 5) is 0. The van der Waals surface area contributed by atoms with Crippen molar-refractivity contribution in [1.29, 1.82) is 0 Å². The van der Waals surface area contributed by atoms with E-state index in [0.717, 1.165) is 5.56 Å². The molecule has 0 heterocycles. The molecular formula is C10H14BrNO2. The number of ether oxygens (including phenoxy) is 1. The topological polar surface area (TPSA) is 55.5 Å². The molecule has 1 rings (SSSR count). The third-order valence-corrected chi connectivity index (χ3v) is 2.78. The van der Waals surface area contributed by atoms with Gasteiger partial charge < -0.3 is 15.6 Å². The number of hydrogen-bond donors (Lipinski definition) is 2. The first kappa shape index (κ1) is 11.3. The third kappa shape index (κ3) is 2.19. The van der Waals surface area contributed by atoms with Crippen LogP contribution in [0.25, 0.3) is 0 Å². The molecule has 14 heavy (non-hydrogen) atoms. The Morgan fingerprint density at radius 1 is 1.43 bits per heavy atom. The molecule has 3 N–H and O–H groups in total. The molecule has 78 valence electrons. The van der Waals surface area contributed by atoms with Crippen LogP contribution in [0.2, 0.25) is 0 Å². The Balaban J connectivity index is 3.30. The van der Waals surface area contributed by atoms with Crippen molar-refractivity contribution in [2.45, 2.75) is 19.4 Å². The summed E-state index contributed by atoms with van der Waals surface area (Å²) >= 11 is 3.23. The zero-order valence-corrected chi connectivity index (χ0v) is 10.1. The van der Waals surface area contributed by atoms with E-state index in [1.54, 1.807) is 13.2 Å². The van der Waals surface area contributed by atoms with E-state index >= 15 is 0 Å². The van der Waals surface area contributed by atoms with Crippen LogP contribution in [-0.2, 0) is 5.54 Å². The minimum absolute atomic E-state index is 0.137. The monoisotopic (exact) mass is 259 g/mol. The molecule has 0 aliphatic carbocycles. The van der Waals surface area contributed by atoms with E-state index in [1.807, 2.05) is 19.9 Å². The lowest BCUT2D eigenvalue weighted by molar-refractivity contribution is 0.399. The molecule has 0 atom stereocenters. The van der Waals surface area contributed by atoms with Gasteiger partial charge in [0, 0.05) is 5.54 Å².